The SMILES string of the molecule is NCCN1CCC2(CCCSC2)OC1=O. The van der Waals surface area contributed by atoms with Crippen LogP contribution in [0.15, 0.2) is 0 Å². The van der Waals surface area contributed by atoms with Gasteiger partial charge >= 0.3 is 6.09 Å². The average Bonchev–Trinajstić information content (AvgIpc) is 2.24. The molecule has 0 saturated carbocycles. The van der Waals surface area contributed by atoms with Gasteiger partial charge in [0.25, 0.3) is 0 Å². The Morgan fingerprint density at radius 2 is 2.40 bits per heavy atom. The molecule has 5 heteroatoms. The summed E-state index contributed by atoms with van der Waals surface area (Å²) >= 11 is 1.90. The summed E-state index contributed by atoms with van der Waals surface area (Å²) in [5.74, 6) is 2.17. The van der Waals surface area contributed by atoms with Crippen LogP contribution in [0.5, 0.6) is 0 Å². The third-order valence-corrected chi connectivity index (χ3v) is 4.39. The molecule has 2 rings (SSSR count). The molecular formula is C10H18N2O2S. The lowest BCUT2D eigenvalue weighted by Crippen LogP contribution is -2.52. The zero-order valence-corrected chi connectivity index (χ0v) is 9.72. The van der Waals surface area contributed by atoms with Gasteiger partial charge in [0.1, 0.15) is 5.60 Å². The average molecular weight is 230 g/mol. The number of hydrogen-bond donors (Lipinski definition) is 1. The number of thioether (sulfide) groups is 1. The first-order chi connectivity index (χ1) is 7.26. The minimum absolute atomic E-state index is 0.162. The Labute approximate surface area is 94.5 Å². The second-order valence-corrected chi connectivity index (χ2v) is 5.34. The molecule has 0 aromatic carbocycles. The molecule has 2 fully saturated rings. The Bertz CT molecular complexity index is 242. The van der Waals surface area contributed by atoms with Crippen molar-refractivity contribution < 1.29 is 9.53 Å². The van der Waals surface area contributed by atoms with Gasteiger partial charge in [0.05, 0.1) is 0 Å². The summed E-state index contributed by atoms with van der Waals surface area (Å²) in [6.07, 6.45) is 2.98. The molecule has 0 aliphatic carbocycles. The third kappa shape index (κ3) is 2.39. The van der Waals surface area contributed by atoms with Crippen LogP contribution >= 0.6 is 11.8 Å². The van der Waals surface area contributed by atoms with E-state index in [1.165, 1.54) is 5.75 Å². The van der Waals surface area contributed by atoms with Crippen LogP contribution in [0.1, 0.15) is 19.3 Å². The van der Waals surface area contributed by atoms with Crippen molar-refractivity contribution in [2.45, 2.75) is 24.9 Å². The van der Waals surface area contributed by atoms with E-state index in [4.69, 9.17) is 10.5 Å². The molecule has 0 bridgehead atoms. The van der Waals surface area contributed by atoms with Crippen LogP contribution in [-0.2, 0) is 4.74 Å². The summed E-state index contributed by atoms with van der Waals surface area (Å²) in [6, 6.07) is 0. The van der Waals surface area contributed by atoms with E-state index in [0.717, 1.165) is 31.6 Å². The van der Waals surface area contributed by atoms with E-state index in [1.807, 2.05) is 11.8 Å². The lowest BCUT2D eigenvalue weighted by Gasteiger charge is -2.42. The van der Waals surface area contributed by atoms with Crippen molar-refractivity contribution in [3.8, 4) is 0 Å². The van der Waals surface area contributed by atoms with E-state index in [0.29, 0.717) is 13.1 Å². The van der Waals surface area contributed by atoms with Gasteiger partial charge in [-0.15, -0.1) is 0 Å². The summed E-state index contributed by atoms with van der Waals surface area (Å²) in [7, 11) is 0. The van der Waals surface area contributed by atoms with Gasteiger partial charge in [0.15, 0.2) is 0 Å². The van der Waals surface area contributed by atoms with Crippen LogP contribution in [0.4, 0.5) is 4.79 Å². The number of ether oxygens (including phenoxy) is 1. The molecule has 2 heterocycles. The van der Waals surface area contributed by atoms with Crippen LogP contribution in [0.25, 0.3) is 0 Å². The highest BCUT2D eigenvalue weighted by Gasteiger charge is 2.41. The van der Waals surface area contributed by atoms with Crippen LogP contribution in [0, 0.1) is 0 Å². The maximum Gasteiger partial charge on any atom is 0.410 e. The Morgan fingerprint density at radius 3 is 3.00 bits per heavy atom. The molecule has 0 radical (unpaired) electrons. The van der Waals surface area contributed by atoms with Crippen molar-refractivity contribution in [3.05, 3.63) is 0 Å². The molecule has 4 nitrogen and oxygen atoms in total. The Hall–Kier alpha value is -0.420. The molecule has 0 aromatic heterocycles. The van der Waals surface area contributed by atoms with Gasteiger partial charge in [-0.25, -0.2) is 4.79 Å². The predicted octanol–water partition coefficient (Wildman–Crippen LogP) is 1.05. The lowest BCUT2D eigenvalue weighted by atomic mass is 9.94. The topological polar surface area (TPSA) is 55.6 Å². The van der Waals surface area contributed by atoms with Crippen molar-refractivity contribution >= 4 is 17.9 Å². The Kier molecular flexibility index (Phi) is 3.41. The summed E-state index contributed by atoms with van der Waals surface area (Å²) in [5.41, 5.74) is 5.28. The van der Waals surface area contributed by atoms with Gasteiger partial charge in [-0.05, 0) is 18.6 Å². The first-order valence-corrected chi connectivity index (χ1v) is 6.67. The number of carbonyl (C=O) groups excluding carboxylic acids is 1. The standard InChI is InChI=1S/C10H18N2O2S/c11-4-6-12-5-3-10(14-9(12)13)2-1-7-15-8-10/h1-8,11H2. The quantitative estimate of drug-likeness (QED) is 0.770. The molecule has 2 aliphatic rings. The number of amides is 1. The van der Waals surface area contributed by atoms with Crippen LogP contribution in [0.2, 0.25) is 0 Å². The summed E-state index contributed by atoms with van der Waals surface area (Å²) in [5, 5.41) is 0. The van der Waals surface area contributed by atoms with Crippen molar-refractivity contribution in [1.29, 1.82) is 0 Å². The number of nitrogens with zero attached hydrogens (tertiary/aromatic N) is 1. The van der Waals surface area contributed by atoms with Gasteiger partial charge in [-0.1, -0.05) is 0 Å². The highest BCUT2D eigenvalue weighted by Crippen LogP contribution is 2.35. The third-order valence-electron chi connectivity index (χ3n) is 3.08. The monoisotopic (exact) mass is 230 g/mol. The molecule has 15 heavy (non-hydrogen) atoms. The highest BCUT2D eigenvalue weighted by molar-refractivity contribution is 7.99. The molecule has 1 atom stereocenters. The smallest absolute Gasteiger partial charge is 0.410 e. The number of carbonyl (C=O) groups is 1. The van der Waals surface area contributed by atoms with Gasteiger partial charge < -0.3 is 15.4 Å². The molecule has 86 valence electrons. The molecular weight excluding hydrogens is 212 g/mol. The van der Waals surface area contributed by atoms with E-state index in [9.17, 15) is 4.79 Å². The van der Waals surface area contributed by atoms with E-state index >= 15 is 0 Å². The fourth-order valence-electron chi connectivity index (χ4n) is 2.19. The Morgan fingerprint density at radius 1 is 1.53 bits per heavy atom. The van der Waals surface area contributed by atoms with Crippen LogP contribution < -0.4 is 5.73 Å². The fraction of sp³-hybridized carbons (Fsp3) is 0.900. The van der Waals surface area contributed by atoms with Gasteiger partial charge in [-0.3, -0.25) is 0 Å². The molecule has 2 saturated heterocycles. The van der Waals surface area contributed by atoms with E-state index in [2.05, 4.69) is 0 Å². The molecule has 1 spiro atoms. The number of hydrogen-bond acceptors (Lipinski definition) is 4. The molecule has 2 N–H and O–H groups in total. The van der Waals surface area contributed by atoms with Crippen molar-refractivity contribution in [2.75, 3.05) is 31.1 Å². The minimum atomic E-state index is -0.172. The van der Waals surface area contributed by atoms with E-state index in [-0.39, 0.29) is 11.7 Å². The lowest BCUT2D eigenvalue weighted by molar-refractivity contribution is -0.0395. The fourth-order valence-corrected chi connectivity index (χ4v) is 3.41. The first-order valence-electron chi connectivity index (χ1n) is 5.51. The second-order valence-electron chi connectivity index (χ2n) is 4.23. The minimum Gasteiger partial charge on any atom is -0.442 e. The van der Waals surface area contributed by atoms with Crippen molar-refractivity contribution in [1.82, 2.24) is 4.90 Å². The molecule has 2 aliphatic heterocycles. The summed E-state index contributed by atoms with van der Waals surface area (Å²) < 4.78 is 5.59. The molecule has 1 unspecified atom stereocenters. The molecule has 1 amide bonds. The zero-order valence-electron chi connectivity index (χ0n) is 8.91. The van der Waals surface area contributed by atoms with Crippen LogP contribution in [0.3, 0.4) is 0 Å². The van der Waals surface area contributed by atoms with Gasteiger partial charge in [0.2, 0.25) is 0 Å². The van der Waals surface area contributed by atoms with Crippen LogP contribution in [-0.4, -0.2) is 47.7 Å². The second kappa shape index (κ2) is 4.61. The zero-order chi connectivity index (χ0) is 10.7. The predicted molar refractivity (Wildman–Crippen MR) is 61.0 cm³/mol. The Balaban J connectivity index is 1.94. The van der Waals surface area contributed by atoms with Gasteiger partial charge in [0, 0.05) is 31.8 Å². The van der Waals surface area contributed by atoms with Gasteiger partial charge in [-0.2, -0.15) is 11.8 Å². The maximum atomic E-state index is 11.7. The number of rotatable bonds is 2. The van der Waals surface area contributed by atoms with E-state index < -0.39 is 0 Å². The molecule has 0 aromatic rings. The first kappa shape index (κ1) is 11.1. The largest absolute Gasteiger partial charge is 0.442 e. The maximum absolute atomic E-state index is 11.7. The van der Waals surface area contributed by atoms with E-state index in [1.54, 1.807) is 4.90 Å². The van der Waals surface area contributed by atoms with Crippen molar-refractivity contribution in [3.63, 3.8) is 0 Å². The number of nitrogens with two attached hydrogens (primary N) is 1. The highest BCUT2D eigenvalue weighted by atomic mass is 32.2. The summed E-state index contributed by atoms with van der Waals surface area (Å²) in [4.78, 5) is 13.4. The van der Waals surface area contributed by atoms with Crippen molar-refractivity contribution in [2.24, 2.45) is 5.73 Å². The normalized spacial score (nSPS) is 31.8. The summed E-state index contributed by atoms with van der Waals surface area (Å²) in [6.45, 7) is 1.93.